The first kappa shape index (κ1) is 28.6. The molecule has 1 aromatic rings. The molecule has 1 rings (SSSR count). The largest absolute Gasteiger partial charge is 0.396 e. The summed E-state index contributed by atoms with van der Waals surface area (Å²) in [5.74, 6) is 0. The van der Waals surface area contributed by atoms with Crippen LogP contribution in [0, 0.1) is 13.8 Å². The number of pyridine rings is 1. The first-order valence-corrected chi connectivity index (χ1v) is 13.6. The molecule has 0 aliphatic carbocycles. The van der Waals surface area contributed by atoms with Crippen molar-refractivity contribution in [2.45, 2.75) is 130 Å². The van der Waals surface area contributed by atoms with Gasteiger partial charge < -0.3 is 5.11 Å². The summed E-state index contributed by atoms with van der Waals surface area (Å²) in [5, 5.41) is 9.32. The van der Waals surface area contributed by atoms with Crippen LogP contribution in [0.5, 0.6) is 0 Å². The fourth-order valence-electron chi connectivity index (χ4n) is 4.35. The van der Waals surface area contributed by atoms with E-state index < -0.39 is 0 Å². The molecule has 2 heteroatoms. The van der Waals surface area contributed by atoms with Crippen LogP contribution in [0.4, 0.5) is 0 Å². The highest BCUT2D eigenvalue weighted by atomic mass is 16.2. The molecule has 0 bridgehead atoms. The summed E-state index contributed by atoms with van der Waals surface area (Å²) in [5.41, 5.74) is 6.14. The molecule has 1 heterocycles. The fourth-order valence-corrected chi connectivity index (χ4v) is 4.35. The van der Waals surface area contributed by atoms with Crippen molar-refractivity contribution in [3.63, 3.8) is 0 Å². The van der Waals surface area contributed by atoms with Crippen LogP contribution in [-0.4, -0.2) is 16.7 Å². The lowest BCUT2D eigenvalue weighted by atomic mass is 9.96. The van der Waals surface area contributed by atoms with Crippen LogP contribution < -0.4 is 0 Å². The Hall–Kier alpha value is -1.41. The second kappa shape index (κ2) is 19.1. The van der Waals surface area contributed by atoms with E-state index in [1.54, 1.807) is 0 Å². The van der Waals surface area contributed by atoms with Gasteiger partial charge in [-0.3, -0.25) is 4.98 Å². The Bertz CT molecular complexity index is 659. The van der Waals surface area contributed by atoms with Crippen LogP contribution in [0.3, 0.4) is 0 Å². The number of allylic oxidation sites excluding steroid dienone is 2. The van der Waals surface area contributed by atoms with Crippen molar-refractivity contribution in [1.82, 2.24) is 4.98 Å². The molecule has 0 atom stereocenters. The Morgan fingerprint density at radius 1 is 0.656 bits per heavy atom. The predicted octanol–water partition coefficient (Wildman–Crippen LogP) is 9.15. The van der Waals surface area contributed by atoms with Crippen molar-refractivity contribution in [3.05, 3.63) is 40.2 Å². The summed E-state index contributed by atoms with van der Waals surface area (Å²) >= 11 is 0. The average molecular weight is 442 g/mol. The highest BCUT2D eigenvalue weighted by molar-refractivity contribution is 5.66. The molecule has 0 saturated heterocycles. The SMILES string of the molecule is CCCCCCCC/C=C\c1c(C)nc(CCCO)c(/C=C\CCCCCCCC)c1C. The average Bonchev–Trinajstić information content (AvgIpc) is 2.79. The van der Waals surface area contributed by atoms with E-state index in [1.165, 1.54) is 93.7 Å². The number of hydrogen-bond acceptors (Lipinski definition) is 2. The zero-order chi connectivity index (χ0) is 23.4. The molecule has 0 aromatic carbocycles. The van der Waals surface area contributed by atoms with Crippen molar-refractivity contribution in [2.24, 2.45) is 0 Å². The maximum Gasteiger partial charge on any atom is 0.0482 e. The summed E-state index contributed by atoms with van der Waals surface area (Å²) in [6.07, 6.45) is 29.3. The second-order valence-electron chi connectivity index (χ2n) is 9.34. The van der Waals surface area contributed by atoms with Gasteiger partial charge in [0, 0.05) is 18.0 Å². The number of aliphatic hydroxyl groups is 1. The number of rotatable bonds is 19. The Kier molecular flexibility index (Phi) is 17.1. The van der Waals surface area contributed by atoms with E-state index in [4.69, 9.17) is 4.98 Å². The van der Waals surface area contributed by atoms with E-state index in [2.05, 4.69) is 52.0 Å². The van der Waals surface area contributed by atoms with Crippen molar-refractivity contribution in [1.29, 1.82) is 0 Å². The van der Waals surface area contributed by atoms with E-state index in [0.717, 1.165) is 37.1 Å². The summed E-state index contributed by atoms with van der Waals surface area (Å²) in [6.45, 7) is 9.14. The van der Waals surface area contributed by atoms with Crippen molar-refractivity contribution < 1.29 is 5.11 Å². The third kappa shape index (κ3) is 12.0. The molecule has 182 valence electrons. The highest BCUT2D eigenvalue weighted by Gasteiger charge is 2.11. The number of unbranched alkanes of at least 4 members (excludes halogenated alkanes) is 12. The molecule has 1 N–H and O–H groups in total. The molecule has 0 amide bonds. The summed E-state index contributed by atoms with van der Waals surface area (Å²) in [7, 11) is 0. The van der Waals surface area contributed by atoms with E-state index in [9.17, 15) is 5.11 Å². The monoisotopic (exact) mass is 441 g/mol. The van der Waals surface area contributed by atoms with Crippen LogP contribution in [0.2, 0.25) is 0 Å². The molecule has 0 spiro atoms. The second-order valence-corrected chi connectivity index (χ2v) is 9.34. The fraction of sp³-hybridized carbons (Fsp3) is 0.700. The molecule has 0 aliphatic rings. The van der Waals surface area contributed by atoms with Gasteiger partial charge in [0.2, 0.25) is 0 Å². The lowest BCUT2D eigenvalue weighted by Gasteiger charge is -2.14. The predicted molar refractivity (Wildman–Crippen MR) is 143 cm³/mol. The molecule has 0 fully saturated rings. The molecular weight excluding hydrogens is 390 g/mol. The molecule has 0 radical (unpaired) electrons. The molecule has 2 nitrogen and oxygen atoms in total. The van der Waals surface area contributed by atoms with Crippen LogP contribution in [0.1, 0.15) is 138 Å². The smallest absolute Gasteiger partial charge is 0.0482 e. The maximum atomic E-state index is 9.32. The summed E-state index contributed by atoms with van der Waals surface area (Å²) < 4.78 is 0. The topological polar surface area (TPSA) is 33.1 Å². The molecule has 1 aromatic heterocycles. The van der Waals surface area contributed by atoms with Crippen molar-refractivity contribution in [2.75, 3.05) is 6.61 Å². The van der Waals surface area contributed by atoms with Gasteiger partial charge in [-0.1, -0.05) is 102 Å². The van der Waals surface area contributed by atoms with Crippen LogP contribution >= 0.6 is 0 Å². The minimum Gasteiger partial charge on any atom is -0.396 e. The zero-order valence-electron chi connectivity index (χ0n) is 21.7. The van der Waals surface area contributed by atoms with Crippen LogP contribution in [0.15, 0.2) is 12.2 Å². The minimum absolute atomic E-state index is 0.223. The number of aromatic nitrogens is 1. The summed E-state index contributed by atoms with van der Waals surface area (Å²) in [6, 6.07) is 0. The van der Waals surface area contributed by atoms with Crippen molar-refractivity contribution >= 4 is 12.2 Å². The Morgan fingerprint density at radius 3 is 1.69 bits per heavy atom. The van der Waals surface area contributed by atoms with Gasteiger partial charge >= 0.3 is 0 Å². The van der Waals surface area contributed by atoms with Gasteiger partial charge in [-0.15, -0.1) is 0 Å². The van der Waals surface area contributed by atoms with Gasteiger partial charge in [0.05, 0.1) is 0 Å². The maximum absolute atomic E-state index is 9.32. The standard InChI is InChI=1S/C30H51NO/c1-5-7-9-11-13-15-17-19-22-28-26(3)29(30(24-21-25-32)31-27(28)4)23-20-18-16-14-12-10-8-6-2/h19-20,22-23,32H,5-18,21,24-25H2,1-4H3/b22-19-,23-20-. The quantitative estimate of drug-likeness (QED) is 0.217. The van der Waals surface area contributed by atoms with Crippen LogP contribution in [0.25, 0.3) is 12.2 Å². The van der Waals surface area contributed by atoms with Gasteiger partial charge in [0.1, 0.15) is 0 Å². The molecule has 0 saturated carbocycles. The Balaban J connectivity index is 2.74. The lowest BCUT2D eigenvalue weighted by molar-refractivity contribution is 0.288. The number of aliphatic hydroxyl groups excluding tert-OH is 1. The van der Waals surface area contributed by atoms with E-state index in [1.807, 2.05) is 0 Å². The molecule has 32 heavy (non-hydrogen) atoms. The van der Waals surface area contributed by atoms with Crippen molar-refractivity contribution in [3.8, 4) is 0 Å². The normalized spacial score (nSPS) is 11.9. The van der Waals surface area contributed by atoms with Gasteiger partial charge in [0.25, 0.3) is 0 Å². The van der Waals surface area contributed by atoms with Gasteiger partial charge in [-0.25, -0.2) is 0 Å². The Labute approximate surface area is 199 Å². The zero-order valence-corrected chi connectivity index (χ0v) is 21.7. The molecule has 0 aliphatic heterocycles. The van der Waals surface area contributed by atoms with E-state index in [0.29, 0.717) is 0 Å². The number of nitrogens with zero attached hydrogens (tertiary/aromatic N) is 1. The van der Waals surface area contributed by atoms with E-state index >= 15 is 0 Å². The molecule has 0 unspecified atom stereocenters. The molecular formula is C30H51NO. The third-order valence-corrected chi connectivity index (χ3v) is 6.40. The van der Waals surface area contributed by atoms with Gasteiger partial charge in [-0.05, 0) is 69.1 Å². The van der Waals surface area contributed by atoms with Crippen LogP contribution in [-0.2, 0) is 6.42 Å². The first-order valence-electron chi connectivity index (χ1n) is 13.6. The number of aryl methyl sites for hydroxylation is 2. The number of hydrogen-bond donors (Lipinski definition) is 1. The lowest BCUT2D eigenvalue weighted by Crippen LogP contribution is -2.04. The van der Waals surface area contributed by atoms with Gasteiger partial charge in [0.15, 0.2) is 0 Å². The van der Waals surface area contributed by atoms with E-state index in [-0.39, 0.29) is 6.61 Å². The third-order valence-electron chi connectivity index (χ3n) is 6.40. The van der Waals surface area contributed by atoms with Gasteiger partial charge in [-0.2, -0.15) is 0 Å². The first-order chi connectivity index (χ1) is 15.7. The summed E-state index contributed by atoms with van der Waals surface area (Å²) in [4.78, 5) is 4.96. The Morgan fingerprint density at radius 2 is 1.16 bits per heavy atom. The minimum atomic E-state index is 0.223. The highest BCUT2D eigenvalue weighted by Crippen LogP contribution is 2.24.